The number of methoxy groups -OCH3 is 1. The quantitative estimate of drug-likeness (QED) is 0.421. The molecule has 1 rings (SSSR count). The topological polar surface area (TPSA) is 48.4 Å². The van der Waals surface area contributed by atoms with Crippen LogP contribution < -0.4 is 4.74 Å². The van der Waals surface area contributed by atoms with Gasteiger partial charge in [-0.2, -0.15) is 13.2 Å². The van der Waals surface area contributed by atoms with Crippen LogP contribution in [-0.2, 0) is 22.1 Å². The molecule has 0 unspecified atom stereocenters. The summed E-state index contributed by atoms with van der Waals surface area (Å²) in [6.45, 7) is 0. The van der Waals surface area contributed by atoms with Gasteiger partial charge in [-0.15, -0.1) is 13.2 Å². The third-order valence-corrected chi connectivity index (χ3v) is 2.89. The Bertz CT molecular complexity index is 543. The molecule has 0 atom stereocenters. The molecule has 1 aromatic rings. The zero-order valence-electron chi connectivity index (χ0n) is 10.1. The van der Waals surface area contributed by atoms with Gasteiger partial charge in [0.25, 0.3) is 0 Å². The van der Waals surface area contributed by atoms with Gasteiger partial charge in [0.2, 0.25) is 5.88 Å². The zero-order chi connectivity index (χ0) is 16.4. The monoisotopic (exact) mass is 429 g/mol. The molecule has 0 saturated heterocycles. The average molecular weight is 429 g/mol. The molecule has 0 spiro atoms. The Morgan fingerprint density at radius 2 is 1.86 bits per heavy atom. The molecule has 0 radical (unpaired) electrons. The smallest absolute Gasteiger partial charge is 0.469 e. The van der Waals surface area contributed by atoms with Crippen molar-refractivity contribution in [2.24, 2.45) is 0 Å². The summed E-state index contributed by atoms with van der Waals surface area (Å²) >= 11 is 1.19. The van der Waals surface area contributed by atoms with E-state index in [-0.39, 0.29) is 5.69 Å². The van der Waals surface area contributed by atoms with Crippen LogP contribution in [0, 0.1) is 3.57 Å². The minimum Gasteiger partial charge on any atom is -0.469 e. The van der Waals surface area contributed by atoms with Crippen LogP contribution in [0.3, 0.4) is 0 Å². The second-order valence-electron chi connectivity index (χ2n) is 3.57. The highest BCUT2D eigenvalue weighted by atomic mass is 127. The van der Waals surface area contributed by atoms with Gasteiger partial charge in [-0.25, -0.2) is 4.98 Å². The van der Waals surface area contributed by atoms with E-state index in [4.69, 9.17) is 0 Å². The van der Waals surface area contributed by atoms with Crippen LogP contribution in [0.5, 0.6) is 5.88 Å². The van der Waals surface area contributed by atoms with Gasteiger partial charge in [0, 0.05) is 3.57 Å². The molecule has 21 heavy (non-hydrogen) atoms. The van der Waals surface area contributed by atoms with E-state index in [2.05, 4.69) is 14.5 Å². The number of halogens is 7. The number of hydrogen-bond acceptors (Lipinski definition) is 4. The van der Waals surface area contributed by atoms with Gasteiger partial charge in [-0.05, 0) is 28.7 Å². The standard InChI is InChI=1S/C10H6F6INO3/c1-20-6(19)3-4-2-5(17)7(9(11,12)13)8(18-4)21-10(14,15)16/h2H,3H2,1H3. The van der Waals surface area contributed by atoms with Gasteiger partial charge in [-0.3, -0.25) is 4.79 Å². The molecule has 0 aliphatic carbocycles. The number of esters is 1. The molecule has 118 valence electrons. The molecule has 0 aromatic carbocycles. The Hall–Kier alpha value is -1.27. The van der Waals surface area contributed by atoms with Crippen molar-refractivity contribution in [1.82, 2.24) is 4.98 Å². The minimum absolute atomic E-state index is 0.335. The van der Waals surface area contributed by atoms with Crippen LogP contribution in [0.1, 0.15) is 11.3 Å². The van der Waals surface area contributed by atoms with E-state index in [1.165, 1.54) is 22.6 Å². The van der Waals surface area contributed by atoms with E-state index in [0.717, 1.165) is 13.2 Å². The van der Waals surface area contributed by atoms with Gasteiger partial charge < -0.3 is 9.47 Å². The molecule has 0 fully saturated rings. The van der Waals surface area contributed by atoms with E-state index < -0.39 is 39.9 Å². The van der Waals surface area contributed by atoms with Crippen LogP contribution in [0.4, 0.5) is 26.3 Å². The molecule has 4 nitrogen and oxygen atoms in total. The summed E-state index contributed by atoms with van der Waals surface area (Å²) in [5, 5.41) is 0. The average Bonchev–Trinajstić information content (AvgIpc) is 2.23. The van der Waals surface area contributed by atoms with Gasteiger partial charge in [0.05, 0.1) is 19.2 Å². The predicted octanol–water partition coefficient (Wildman–Crippen LogP) is 3.32. The first-order chi connectivity index (χ1) is 9.44. The molecule has 0 N–H and O–H groups in total. The van der Waals surface area contributed by atoms with Crippen molar-refractivity contribution in [2.45, 2.75) is 19.0 Å². The molecular weight excluding hydrogens is 423 g/mol. The number of carbonyl (C=O) groups is 1. The summed E-state index contributed by atoms with van der Waals surface area (Å²) in [7, 11) is 1.02. The lowest BCUT2D eigenvalue weighted by molar-refractivity contribution is -0.278. The Morgan fingerprint density at radius 1 is 1.29 bits per heavy atom. The number of aromatic nitrogens is 1. The Morgan fingerprint density at radius 3 is 2.29 bits per heavy atom. The fourth-order valence-corrected chi connectivity index (χ4v) is 2.19. The molecule has 11 heteroatoms. The Balaban J connectivity index is 3.35. The van der Waals surface area contributed by atoms with Crippen molar-refractivity contribution in [3.63, 3.8) is 0 Å². The third-order valence-electron chi connectivity index (χ3n) is 2.04. The maximum absolute atomic E-state index is 12.8. The van der Waals surface area contributed by atoms with Crippen LogP contribution >= 0.6 is 22.6 Å². The van der Waals surface area contributed by atoms with Crippen LogP contribution in [0.2, 0.25) is 0 Å². The van der Waals surface area contributed by atoms with Gasteiger partial charge in [-0.1, -0.05) is 0 Å². The highest BCUT2D eigenvalue weighted by Crippen LogP contribution is 2.40. The number of nitrogens with zero attached hydrogens (tertiary/aromatic N) is 1. The highest BCUT2D eigenvalue weighted by molar-refractivity contribution is 14.1. The van der Waals surface area contributed by atoms with Crippen molar-refractivity contribution in [3.8, 4) is 5.88 Å². The Kier molecular flexibility index (Phi) is 5.28. The van der Waals surface area contributed by atoms with Crippen molar-refractivity contribution >= 4 is 28.6 Å². The summed E-state index contributed by atoms with van der Waals surface area (Å²) in [6.07, 6.45) is -11.0. The van der Waals surface area contributed by atoms with E-state index in [9.17, 15) is 31.1 Å². The lowest BCUT2D eigenvalue weighted by Crippen LogP contribution is -2.23. The van der Waals surface area contributed by atoms with Crippen molar-refractivity contribution in [2.75, 3.05) is 7.11 Å². The normalized spacial score (nSPS) is 12.2. The zero-order valence-corrected chi connectivity index (χ0v) is 12.3. The van der Waals surface area contributed by atoms with Crippen LogP contribution in [0.25, 0.3) is 0 Å². The second kappa shape index (κ2) is 6.23. The van der Waals surface area contributed by atoms with Gasteiger partial charge in [0.15, 0.2) is 0 Å². The van der Waals surface area contributed by atoms with Crippen molar-refractivity contribution in [3.05, 3.63) is 20.9 Å². The number of hydrogen-bond donors (Lipinski definition) is 0. The summed E-state index contributed by atoms with van der Waals surface area (Å²) in [4.78, 5) is 14.1. The van der Waals surface area contributed by atoms with E-state index in [0.29, 0.717) is 0 Å². The second-order valence-corrected chi connectivity index (χ2v) is 4.74. The van der Waals surface area contributed by atoms with Gasteiger partial charge >= 0.3 is 18.5 Å². The fourth-order valence-electron chi connectivity index (χ4n) is 1.29. The molecule has 1 aromatic heterocycles. The summed E-state index contributed by atoms with van der Waals surface area (Å²) < 4.78 is 81.8. The molecule has 0 aliphatic rings. The maximum atomic E-state index is 12.8. The SMILES string of the molecule is COC(=O)Cc1cc(I)c(C(F)(F)F)c(OC(F)(F)F)n1. The summed E-state index contributed by atoms with van der Waals surface area (Å²) in [5.74, 6) is -2.52. The summed E-state index contributed by atoms with van der Waals surface area (Å²) in [6, 6.07) is 0.837. The van der Waals surface area contributed by atoms with E-state index >= 15 is 0 Å². The first-order valence-electron chi connectivity index (χ1n) is 5.03. The number of rotatable bonds is 3. The highest BCUT2D eigenvalue weighted by Gasteiger charge is 2.42. The first-order valence-corrected chi connectivity index (χ1v) is 6.11. The first kappa shape index (κ1) is 17.8. The van der Waals surface area contributed by atoms with Crippen molar-refractivity contribution in [1.29, 1.82) is 0 Å². The number of ether oxygens (including phenoxy) is 2. The maximum Gasteiger partial charge on any atom is 0.574 e. The van der Waals surface area contributed by atoms with E-state index in [1.807, 2.05) is 0 Å². The third kappa shape index (κ3) is 5.21. The number of carbonyl (C=O) groups excluding carboxylic acids is 1. The molecule has 0 amide bonds. The lowest BCUT2D eigenvalue weighted by atomic mass is 10.2. The number of pyridine rings is 1. The van der Waals surface area contributed by atoms with Crippen LogP contribution in [0.15, 0.2) is 6.07 Å². The van der Waals surface area contributed by atoms with Crippen molar-refractivity contribution < 1.29 is 40.6 Å². The lowest BCUT2D eigenvalue weighted by Gasteiger charge is -2.16. The number of alkyl halides is 6. The van der Waals surface area contributed by atoms with Crippen LogP contribution in [-0.4, -0.2) is 24.4 Å². The Labute approximate surface area is 127 Å². The van der Waals surface area contributed by atoms with E-state index in [1.54, 1.807) is 0 Å². The molecule has 0 aliphatic heterocycles. The molecule has 1 heterocycles. The van der Waals surface area contributed by atoms with Gasteiger partial charge in [0.1, 0.15) is 5.56 Å². The largest absolute Gasteiger partial charge is 0.574 e. The minimum atomic E-state index is -5.35. The molecular formula is C10H6F6INO3. The molecule has 0 bridgehead atoms. The molecule has 0 saturated carbocycles. The predicted molar refractivity (Wildman–Crippen MR) is 64.4 cm³/mol. The summed E-state index contributed by atoms with van der Waals surface area (Å²) in [5.41, 5.74) is -1.99. The fraction of sp³-hybridized carbons (Fsp3) is 0.400.